The molecule has 1 aliphatic rings. The zero-order valence-electron chi connectivity index (χ0n) is 19.0. The molecule has 5 nitrogen and oxygen atoms in total. The van der Waals surface area contributed by atoms with E-state index in [-0.39, 0.29) is 12.5 Å². The largest absolute Gasteiger partial charge is 0.490 e. The van der Waals surface area contributed by atoms with Gasteiger partial charge in [0, 0.05) is 19.1 Å². The molecule has 2 aromatic carbocycles. The van der Waals surface area contributed by atoms with Crippen LogP contribution in [0.25, 0.3) is 0 Å². The van der Waals surface area contributed by atoms with E-state index in [1.54, 1.807) is 12.1 Å². The van der Waals surface area contributed by atoms with Crippen LogP contribution in [-0.2, 0) is 6.54 Å². The number of benzene rings is 2. The molecule has 1 aliphatic carbocycles. The van der Waals surface area contributed by atoms with Crippen molar-refractivity contribution in [3.63, 3.8) is 0 Å². The lowest BCUT2D eigenvalue weighted by Crippen LogP contribution is -2.39. The number of aliphatic hydroxyl groups excluding tert-OH is 1. The molecule has 0 saturated heterocycles. The van der Waals surface area contributed by atoms with Gasteiger partial charge in [-0.2, -0.15) is 0 Å². The van der Waals surface area contributed by atoms with E-state index >= 15 is 0 Å². The van der Waals surface area contributed by atoms with E-state index in [1.807, 2.05) is 48.5 Å². The summed E-state index contributed by atoms with van der Waals surface area (Å²) < 4.78 is 5.82. The molecule has 3 rings (SSSR count). The number of para-hydroxylation sites is 1. The van der Waals surface area contributed by atoms with Crippen molar-refractivity contribution >= 4 is 5.91 Å². The molecule has 3 N–H and O–H groups in total. The number of aliphatic hydroxyl groups is 1. The number of carbonyl (C=O) groups is 1. The van der Waals surface area contributed by atoms with Crippen molar-refractivity contribution in [2.24, 2.45) is 11.8 Å². The van der Waals surface area contributed by atoms with Crippen LogP contribution in [0.5, 0.6) is 5.75 Å². The average Bonchev–Trinajstić information content (AvgIpc) is 3.29. The summed E-state index contributed by atoms with van der Waals surface area (Å²) in [4.78, 5) is 12.6. The van der Waals surface area contributed by atoms with Crippen LogP contribution in [0.2, 0.25) is 0 Å². The van der Waals surface area contributed by atoms with E-state index < -0.39 is 6.10 Å². The highest BCUT2D eigenvalue weighted by Crippen LogP contribution is 2.35. The van der Waals surface area contributed by atoms with Crippen LogP contribution >= 0.6 is 0 Å². The lowest BCUT2D eigenvalue weighted by Gasteiger charge is -2.23. The minimum atomic E-state index is -0.650. The lowest BCUT2D eigenvalue weighted by atomic mass is 9.96. The molecule has 4 unspecified atom stereocenters. The van der Waals surface area contributed by atoms with Crippen molar-refractivity contribution in [3.05, 3.63) is 78.4 Å². The molecule has 1 saturated carbocycles. The Morgan fingerprint density at radius 1 is 1.19 bits per heavy atom. The van der Waals surface area contributed by atoms with Gasteiger partial charge in [0.25, 0.3) is 5.91 Å². The average molecular weight is 437 g/mol. The molecular formula is C27H36N2O3. The van der Waals surface area contributed by atoms with Gasteiger partial charge in [0.05, 0.1) is 5.56 Å². The predicted octanol–water partition coefficient (Wildman–Crippen LogP) is 4.33. The maximum absolute atomic E-state index is 12.6. The fourth-order valence-electron chi connectivity index (χ4n) is 4.40. The van der Waals surface area contributed by atoms with Crippen LogP contribution in [0.15, 0.2) is 67.3 Å². The second-order valence-electron chi connectivity index (χ2n) is 8.79. The number of hydrogen-bond donors (Lipinski definition) is 3. The molecule has 4 atom stereocenters. The number of nitrogens with one attached hydrogen (secondary N) is 2. The minimum Gasteiger partial charge on any atom is -0.490 e. The van der Waals surface area contributed by atoms with Gasteiger partial charge >= 0.3 is 0 Å². The second-order valence-corrected chi connectivity index (χ2v) is 8.79. The van der Waals surface area contributed by atoms with Gasteiger partial charge < -0.3 is 20.5 Å². The molecular weight excluding hydrogens is 400 g/mol. The normalized spacial score (nSPS) is 19.8. The third kappa shape index (κ3) is 7.21. The van der Waals surface area contributed by atoms with Crippen molar-refractivity contribution in [2.45, 2.75) is 51.3 Å². The molecule has 5 heteroatoms. The van der Waals surface area contributed by atoms with Crippen LogP contribution < -0.4 is 15.4 Å². The SMILES string of the molecule is C=CCC1CCC(C(C)NCC(O)COc2ccccc2C(=O)NCc2ccccc2)C1. The van der Waals surface area contributed by atoms with E-state index in [1.165, 1.54) is 19.3 Å². The van der Waals surface area contributed by atoms with Crippen molar-refractivity contribution < 1.29 is 14.6 Å². The Morgan fingerprint density at radius 2 is 1.94 bits per heavy atom. The van der Waals surface area contributed by atoms with Crippen LogP contribution in [0.3, 0.4) is 0 Å². The number of amides is 1. The standard InChI is InChI=1S/C27H36N2O3/c1-3-9-21-14-15-23(16-21)20(2)28-18-24(30)19-32-26-13-8-7-12-25(26)27(31)29-17-22-10-5-4-6-11-22/h3-8,10-13,20-21,23-24,28,30H,1,9,14-19H2,2H3,(H,29,31). The summed E-state index contributed by atoms with van der Waals surface area (Å²) in [6.45, 7) is 7.10. The summed E-state index contributed by atoms with van der Waals surface area (Å²) in [6.07, 6.45) is 6.17. The Labute approximate surface area is 191 Å². The van der Waals surface area contributed by atoms with Crippen molar-refractivity contribution in [1.82, 2.24) is 10.6 Å². The molecule has 0 spiro atoms. The van der Waals surface area contributed by atoms with E-state index in [9.17, 15) is 9.90 Å². The molecule has 0 aromatic heterocycles. The third-order valence-corrected chi connectivity index (χ3v) is 6.32. The molecule has 32 heavy (non-hydrogen) atoms. The quantitative estimate of drug-likeness (QED) is 0.433. The molecule has 1 fully saturated rings. The number of ether oxygens (including phenoxy) is 1. The number of allylic oxidation sites excluding steroid dienone is 1. The highest BCUT2D eigenvalue weighted by molar-refractivity contribution is 5.96. The molecule has 0 heterocycles. The zero-order chi connectivity index (χ0) is 22.8. The highest BCUT2D eigenvalue weighted by Gasteiger charge is 2.28. The smallest absolute Gasteiger partial charge is 0.255 e. The van der Waals surface area contributed by atoms with Gasteiger partial charge in [0.1, 0.15) is 18.5 Å². The first kappa shape index (κ1) is 24.0. The monoisotopic (exact) mass is 436 g/mol. The van der Waals surface area contributed by atoms with Crippen molar-refractivity contribution in [2.75, 3.05) is 13.2 Å². The van der Waals surface area contributed by atoms with Crippen molar-refractivity contribution in [3.8, 4) is 5.75 Å². The molecule has 0 aliphatic heterocycles. The van der Waals surface area contributed by atoms with Crippen LogP contribution in [0, 0.1) is 11.8 Å². The van der Waals surface area contributed by atoms with E-state index in [0.29, 0.717) is 36.4 Å². The number of carbonyl (C=O) groups excluding carboxylic acids is 1. The maximum atomic E-state index is 12.6. The fraction of sp³-hybridized carbons (Fsp3) is 0.444. The molecule has 0 bridgehead atoms. The zero-order valence-corrected chi connectivity index (χ0v) is 19.0. The summed E-state index contributed by atoms with van der Waals surface area (Å²) in [5, 5.41) is 16.8. The first-order valence-electron chi connectivity index (χ1n) is 11.6. The fourth-order valence-corrected chi connectivity index (χ4v) is 4.40. The van der Waals surface area contributed by atoms with Crippen LogP contribution in [0.1, 0.15) is 48.5 Å². The second kappa shape index (κ2) is 12.4. The van der Waals surface area contributed by atoms with E-state index in [2.05, 4.69) is 24.1 Å². The summed E-state index contributed by atoms with van der Waals surface area (Å²) in [5.41, 5.74) is 1.50. The van der Waals surface area contributed by atoms with Gasteiger partial charge in [-0.1, -0.05) is 48.5 Å². The Kier molecular flexibility index (Phi) is 9.32. The molecule has 2 aromatic rings. The van der Waals surface area contributed by atoms with E-state index in [4.69, 9.17) is 4.74 Å². The first-order chi connectivity index (χ1) is 15.6. The van der Waals surface area contributed by atoms with Gasteiger partial charge in [0.2, 0.25) is 0 Å². The topological polar surface area (TPSA) is 70.6 Å². The summed E-state index contributed by atoms with van der Waals surface area (Å²) in [6, 6.07) is 17.3. The van der Waals surface area contributed by atoms with Gasteiger partial charge in [-0.15, -0.1) is 6.58 Å². The minimum absolute atomic E-state index is 0.131. The van der Waals surface area contributed by atoms with Gasteiger partial charge in [-0.05, 0) is 62.1 Å². The number of hydrogen-bond acceptors (Lipinski definition) is 4. The van der Waals surface area contributed by atoms with Crippen molar-refractivity contribution in [1.29, 1.82) is 0 Å². The van der Waals surface area contributed by atoms with Crippen LogP contribution in [-0.4, -0.2) is 36.3 Å². The lowest BCUT2D eigenvalue weighted by molar-refractivity contribution is 0.0915. The van der Waals surface area contributed by atoms with Crippen LogP contribution in [0.4, 0.5) is 0 Å². The third-order valence-electron chi connectivity index (χ3n) is 6.32. The number of rotatable bonds is 12. The summed E-state index contributed by atoms with van der Waals surface area (Å²) in [7, 11) is 0. The van der Waals surface area contributed by atoms with Gasteiger partial charge in [0.15, 0.2) is 0 Å². The van der Waals surface area contributed by atoms with Gasteiger partial charge in [-0.3, -0.25) is 4.79 Å². The first-order valence-corrected chi connectivity index (χ1v) is 11.6. The maximum Gasteiger partial charge on any atom is 0.255 e. The van der Waals surface area contributed by atoms with Gasteiger partial charge in [-0.25, -0.2) is 0 Å². The molecule has 0 radical (unpaired) electrons. The Bertz CT molecular complexity index is 855. The Hall–Kier alpha value is -2.63. The summed E-state index contributed by atoms with van der Waals surface area (Å²) >= 11 is 0. The van der Waals surface area contributed by atoms with E-state index in [0.717, 1.165) is 17.9 Å². The Morgan fingerprint density at radius 3 is 2.72 bits per heavy atom. The summed E-state index contributed by atoms with van der Waals surface area (Å²) in [5.74, 6) is 1.68. The molecule has 1 amide bonds. The molecule has 172 valence electrons. The predicted molar refractivity (Wildman–Crippen MR) is 129 cm³/mol. The Balaban J connectivity index is 1.44. The highest BCUT2D eigenvalue weighted by atomic mass is 16.5.